The van der Waals surface area contributed by atoms with Gasteiger partial charge in [-0.2, -0.15) is 0 Å². The monoisotopic (exact) mass is 298 g/mol. The number of rotatable bonds is 8. The van der Waals surface area contributed by atoms with Crippen LogP contribution in [0.1, 0.15) is 46.3 Å². The molecule has 0 radical (unpaired) electrons. The van der Waals surface area contributed by atoms with Gasteiger partial charge in [-0.25, -0.2) is 9.78 Å². The van der Waals surface area contributed by atoms with Crippen molar-refractivity contribution in [2.45, 2.75) is 26.2 Å². The van der Waals surface area contributed by atoms with Crippen molar-refractivity contribution in [1.82, 2.24) is 4.98 Å². The number of anilines is 1. The number of methoxy groups -OCH3 is 1. The van der Waals surface area contributed by atoms with E-state index in [4.69, 9.17) is 9.84 Å². The number of nitrogens with zero attached hydrogens (tertiary/aromatic N) is 1. The van der Waals surface area contributed by atoms with Gasteiger partial charge in [-0.15, -0.1) is 0 Å². The Morgan fingerprint density at radius 2 is 2.20 bits per heavy atom. The molecule has 0 aromatic carbocycles. The highest BCUT2D eigenvalue weighted by atomic mass is 32.1. The van der Waals surface area contributed by atoms with E-state index < -0.39 is 5.97 Å². The molecule has 1 saturated carbocycles. The van der Waals surface area contributed by atoms with E-state index in [0.717, 1.165) is 43.8 Å². The van der Waals surface area contributed by atoms with Crippen LogP contribution in [0.2, 0.25) is 0 Å². The number of ketones is 1. The molecule has 0 aliphatic heterocycles. The molecular weight excluding hydrogens is 280 g/mol. The highest BCUT2D eigenvalue weighted by Gasteiger charge is 2.42. The van der Waals surface area contributed by atoms with Crippen LogP contribution < -0.4 is 5.32 Å². The lowest BCUT2D eigenvalue weighted by atomic mass is 10.0. The lowest BCUT2D eigenvalue weighted by molar-refractivity contribution is 0.0687. The van der Waals surface area contributed by atoms with Crippen molar-refractivity contribution in [3.8, 4) is 0 Å². The number of nitrogens with one attached hydrogen (secondary N) is 1. The molecule has 2 rings (SSSR count). The van der Waals surface area contributed by atoms with Gasteiger partial charge in [0, 0.05) is 27.2 Å². The smallest absolute Gasteiger partial charge is 0.356 e. The third-order valence-corrected chi connectivity index (χ3v) is 4.67. The number of ether oxygens (including phenoxy) is 1. The Labute approximate surface area is 121 Å². The Morgan fingerprint density at radius 1 is 1.50 bits per heavy atom. The third kappa shape index (κ3) is 3.34. The van der Waals surface area contributed by atoms with E-state index in [1.54, 1.807) is 7.11 Å². The molecule has 7 heteroatoms. The third-order valence-electron chi connectivity index (χ3n) is 3.56. The molecule has 0 spiro atoms. The first-order valence-electron chi connectivity index (χ1n) is 6.45. The van der Waals surface area contributed by atoms with Crippen LogP contribution in [0, 0.1) is 5.41 Å². The van der Waals surface area contributed by atoms with Crippen LogP contribution >= 0.6 is 11.3 Å². The molecular formula is C13H18N2O4S. The number of carbonyl (C=O) groups excluding carboxylic acids is 1. The number of hydrogen-bond acceptors (Lipinski definition) is 6. The molecule has 1 aliphatic carbocycles. The Balaban J connectivity index is 2.02. The normalized spacial score (nSPS) is 15.9. The van der Waals surface area contributed by atoms with Crippen LogP contribution in [0.25, 0.3) is 0 Å². The lowest BCUT2D eigenvalue weighted by Crippen LogP contribution is -2.17. The number of carbonyl (C=O) groups is 2. The van der Waals surface area contributed by atoms with Crippen molar-refractivity contribution in [3.05, 3.63) is 10.6 Å². The van der Waals surface area contributed by atoms with Gasteiger partial charge in [0.15, 0.2) is 16.6 Å². The van der Waals surface area contributed by atoms with Crippen LogP contribution in [0.5, 0.6) is 0 Å². The van der Waals surface area contributed by atoms with Gasteiger partial charge in [0.2, 0.25) is 0 Å². The van der Waals surface area contributed by atoms with Gasteiger partial charge in [-0.1, -0.05) is 11.3 Å². The number of aromatic carboxylic acids is 1. The predicted molar refractivity (Wildman–Crippen MR) is 75.7 cm³/mol. The second-order valence-electron chi connectivity index (χ2n) is 5.15. The molecule has 1 heterocycles. The van der Waals surface area contributed by atoms with E-state index in [1.807, 2.05) is 0 Å². The van der Waals surface area contributed by atoms with Crippen molar-refractivity contribution in [3.63, 3.8) is 0 Å². The molecule has 1 aliphatic rings. The van der Waals surface area contributed by atoms with E-state index in [9.17, 15) is 9.59 Å². The maximum Gasteiger partial charge on any atom is 0.356 e. The van der Waals surface area contributed by atoms with Gasteiger partial charge >= 0.3 is 5.97 Å². The summed E-state index contributed by atoms with van der Waals surface area (Å²) in [5.74, 6) is -1.44. The quantitative estimate of drug-likeness (QED) is 0.716. The Kier molecular flexibility index (Phi) is 4.39. The topological polar surface area (TPSA) is 88.5 Å². The first kappa shape index (κ1) is 14.9. The number of aromatic nitrogens is 1. The Bertz CT molecular complexity index is 491. The van der Waals surface area contributed by atoms with Crippen molar-refractivity contribution in [2.75, 3.05) is 25.6 Å². The predicted octanol–water partition coefficient (Wildman–Crippen LogP) is 2.27. The van der Waals surface area contributed by atoms with Crippen LogP contribution in [0.4, 0.5) is 5.13 Å². The minimum atomic E-state index is -1.17. The number of Topliss-reactive ketones (excluding diaryl/α,β-unsaturated/α-hetero) is 1. The van der Waals surface area contributed by atoms with Crippen LogP contribution in [-0.4, -0.2) is 42.1 Å². The second kappa shape index (κ2) is 5.88. The molecule has 0 atom stereocenters. The van der Waals surface area contributed by atoms with Crippen LogP contribution in [-0.2, 0) is 4.74 Å². The fraction of sp³-hybridized carbons (Fsp3) is 0.615. The first-order valence-corrected chi connectivity index (χ1v) is 7.27. The fourth-order valence-corrected chi connectivity index (χ4v) is 2.90. The summed E-state index contributed by atoms with van der Waals surface area (Å²) in [6.07, 6.45) is 3.26. The van der Waals surface area contributed by atoms with Gasteiger partial charge in [0.1, 0.15) is 4.88 Å². The van der Waals surface area contributed by atoms with Gasteiger partial charge in [0.25, 0.3) is 0 Å². The number of thiazole rings is 1. The molecule has 110 valence electrons. The zero-order chi connectivity index (χ0) is 14.8. The summed E-state index contributed by atoms with van der Waals surface area (Å²) in [5.41, 5.74) is 0.0771. The van der Waals surface area contributed by atoms with Crippen LogP contribution in [0.15, 0.2) is 0 Å². The zero-order valence-corrected chi connectivity index (χ0v) is 12.4. The van der Waals surface area contributed by atoms with Gasteiger partial charge in [-0.3, -0.25) is 4.79 Å². The minimum absolute atomic E-state index is 0.160. The minimum Gasteiger partial charge on any atom is -0.476 e. The maximum absolute atomic E-state index is 11.4. The number of hydrogen-bond donors (Lipinski definition) is 2. The molecule has 1 fully saturated rings. The standard InChI is InChI=1S/C13H18N2O4S/c1-8(16)10-9(11(17)18)15-12(20-10)14-7-13(3-4-13)5-6-19-2/h3-7H2,1-2H3,(H,14,15)(H,17,18). The molecule has 20 heavy (non-hydrogen) atoms. The van der Waals surface area contributed by atoms with Gasteiger partial charge < -0.3 is 15.2 Å². The van der Waals surface area contributed by atoms with E-state index in [2.05, 4.69) is 10.3 Å². The summed E-state index contributed by atoms with van der Waals surface area (Å²) in [7, 11) is 1.68. The molecule has 1 aromatic heterocycles. The summed E-state index contributed by atoms with van der Waals surface area (Å²) in [4.78, 5) is 26.6. The Morgan fingerprint density at radius 3 is 2.65 bits per heavy atom. The molecule has 1 aromatic rings. The summed E-state index contributed by atoms with van der Waals surface area (Å²) >= 11 is 1.10. The molecule has 0 saturated heterocycles. The molecule has 0 bridgehead atoms. The largest absolute Gasteiger partial charge is 0.476 e. The highest BCUT2D eigenvalue weighted by molar-refractivity contribution is 7.17. The summed E-state index contributed by atoms with van der Waals surface area (Å²) < 4.78 is 5.09. The Hall–Kier alpha value is -1.47. The van der Waals surface area contributed by atoms with Gasteiger partial charge in [0.05, 0.1) is 0 Å². The molecule has 0 unspecified atom stereocenters. The fourth-order valence-electron chi connectivity index (χ4n) is 2.05. The second-order valence-corrected chi connectivity index (χ2v) is 6.15. The van der Waals surface area contributed by atoms with Crippen molar-refractivity contribution in [2.24, 2.45) is 5.41 Å². The zero-order valence-electron chi connectivity index (χ0n) is 11.6. The van der Waals surface area contributed by atoms with Gasteiger partial charge in [-0.05, 0) is 24.7 Å². The average molecular weight is 298 g/mol. The first-order chi connectivity index (χ1) is 9.47. The van der Waals surface area contributed by atoms with E-state index in [-0.39, 0.29) is 21.8 Å². The average Bonchev–Trinajstić information content (AvgIpc) is 3.03. The number of carboxylic acids is 1. The maximum atomic E-state index is 11.4. The van der Waals surface area contributed by atoms with Crippen LogP contribution in [0.3, 0.4) is 0 Å². The van der Waals surface area contributed by atoms with E-state index in [0.29, 0.717) is 5.13 Å². The molecule has 2 N–H and O–H groups in total. The van der Waals surface area contributed by atoms with Crippen molar-refractivity contribution < 1.29 is 19.4 Å². The highest BCUT2D eigenvalue weighted by Crippen LogP contribution is 2.48. The number of carboxylic acid groups (broad SMARTS) is 1. The SMILES string of the molecule is COCCC1(CNc2nc(C(=O)O)c(C(C)=O)s2)CC1. The van der Waals surface area contributed by atoms with Crippen molar-refractivity contribution in [1.29, 1.82) is 0 Å². The molecule has 6 nitrogen and oxygen atoms in total. The van der Waals surface area contributed by atoms with Crippen molar-refractivity contribution >= 4 is 28.2 Å². The summed E-state index contributed by atoms with van der Waals surface area (Å²) in [5, 5.41) is 12.7. The lowest BCUT2D eigenvalue weighted by Gasteiger charge is -2.14. The van der Waals surface area contributed by atoms with E-state index >= 15 is 0 Å². The molecule has 0 amide bonds. The summed E-state index contributed by atoms with van der Waals surface area (Å²) in [6, 6.07) is 0. The van der Waals surface area contributed by atoms with E-state index in [1.165, 1.54) is 6.92 Å². The summed E-state index contributed by atoms with van der Waals surface area (Å²) in [6.45, 7) is 2.81.